The van der Waals surface area contributed by atoms with Gasteiger partial charge >= 0.3 is 0 Å². The van der Waals surface area contributed by atoms with E-state index >= 15 is 0 Å². The second-order valence-electron chi connectivity index (χ2n) is 4.55. The Balaban J connectivity index is 2.68. The maximum absolute atomic E-state index is 5.73. The van der Waals surface area contributed by atoms with Crippen molar-refractivity contribution in [1.29, 1.82) is 0 Å². The van der Waals surface area contributed by atoms with Crippen molar-refractivity contribution in [3.63, 3.8) is 0 Å². The lowest BCUT2D eigenvalue weighted by molar-refractivity contribution is 0.0343. The van der Waals surface area contributed by atoms with E-state index in [9.17, 15) is 0 Å². The smallest absolute Gasteiger partial charge is 0.158 e. The van der Waals surface area contributed by atoms with Gasteiger partial charge in [0.15, 0.2) is 5.82 Å². The quantitative estimate of drug-likeness (QED) is 0.766. The molecule has 0 aliphatic rings. The minimum atomic E-state index is -0.264. The normalized spacial score (nSPS) is 11.6. The number of ether oxygens (including phenoxy) is 2. The molecule has 0 saturated carbocycles. The van der Waals surface area contributed by atoms with Crippen LogP contribution in [-0.4, -0.2) is 35.8 Å². The van der Waals surface area contributed by atoms with Crippen molar-refractivity contribution in [1.82, 2.24) is 9.97 Å². The van der Waals surface area contributed by atoms with Gasteiger partial charge in [0.1, 0.15) is 18.2 Å². The minimum Gasteiger partial charge on any atom is -0.384 e. The highest BCUT2D eigenvalue weighted by atomic mass is 16.5. The lowest BCUT2D eigenvalue weighted by Crippen LogP contribution is -2.32. The Kier molecular flexibility index (Phi) is 5.30. The minimum absolute atomic E-state index is 0.264. The maximum atomic E-state index is 5.73. The van der Waals surface area contributed by atoms with E-state index in [2.05, 4.69) is 15.3 Å². The van der Waals surface area contributed by atoms with Gasteiger partial charge in [0.05, 0.1) is 5.60 Å². The van der Waals surface area contributed by atoms with Crippen LogP contribution in [0.5, 0.6) is 0 Å². The third-order valence-corrected chi connectivity index (χ3v) is 2.48. The lowest BCUT2D eigenvalue weighted by Gasteiger charge is -2.23. The Morgan fingerprint density at radius 1 is 1.39 bits per heavy atom. The first-order chi connectivity index (χ1) is 8.46. The molecule has 1 aromatic heterocycles. The van der Waals surface area contributed by atoms with Gasteiger partial charge in [-0.05, 0) is 20.8 Å². The molecule has 1 rings (SSSR count). The van der Waals surface area contributed by atoms with Crippen molar-refractivity contribution in [2.75, 3.05) is 31.3 Å². The van der Waals surface area contributed by atoms with Crippen LogP contribution in [0.4, 0.5) is 11.6 Å². The van der Waals surface area contributed by atoms with Gasteiger partial charge in [-0.15, -0.1) is 0 Å². The van der Waals surface area contributed by atoms with E-state index < -0.39 is 0 Å². The zero-order chi connectivity index (χ0) is 13.6. The van der Waals surface area contributed by atoms with Gasteiger partial charge in [0.2, 0.25) is 0 Å². The maximum Gasteiger partial charge on any atom is 0.158 e. The van der Waals surface area contributed by atoms with Crippen LogP contribution in [0.1, 0.15) is 26.6 Å². The highest BCUT2D eigenvalue weighted by Crippen LogP contribution is 2.12. The Bertz CT molecular complexity index is 382. The molecular formula is C12H22N4O2. The van der Waals surface area contributed by atoms with Crippen molar-refractivity contribution >= 4 is 11.6 Å². The highest BCUT2D eigenvalue weighted by molar-refractivity contribution is 5.44. The van der Waals surface area contributed by atoms with Gasteiger partial charge in [0, 0.05) is 26.3 Å². The molecule has 0 unspecified atom stereocenters. The number of nitrogen functional groups attached to an aromatic ring is 1. The van der Waals surface area contributed by atoms with Gasteiger partial charge in [0.25, 0.3) is 0 Å². The fourth-order valence-corrected chi connectivity index (χ4v) is 1.24. The second kappa shape index (κ2) is 6.51. The van der Waals surface area contributed by atoms with Crippen molar-refractivity contribution in [3.05, 3.63) is 11.9 Å². The molecule has 0 aliphatic heterocycles. The molecule has 0 aromatic carbocycles. The zero-order valence-corrected chi connectivity index (χ0v) is 11.5. The van der Waals surface area contributed by atoms with Crippen molar-refractivity contribution in [2.24, 2.45) is 0 Å². The summed E-state index contributed by atoms with van der Waals surface area (Å²) in [6.07, 6.45) is 0. The Morgan fingerprint density at radius 2 is 2.11 bits per heavy atom. The van der Waals surface area contributed by atoms with E-state index in [0.29, 0.717) is 37.2 Å². The predicted molar refractivity (Wildman–Crippen MR) is 71.4 cm³/mol. The average Bonchev–Trinajstić information content (AvgIpc) is 2.33. The summed E-state index contributed by atoms with van der Waals surface area (Å²) in [6.45, 7) is 7.53. The van der Waals surface area contributed by atoms with Crippen LogP contribution >= 0.6 is 0 Å². The summed E-state index contributed by atoms with van der Waals surface area (Å²) in [6, 6.07) is 1.70. The fourth-order valence-electron chi connectivity index (χ4n) is 1.24. The standard InChI is InChI=1S/C12H22N4O2/c1-5-18-7-11-15-9(13)6-10(16-11)14-8-12(2,3)17-4/h6H,5,7-8H2,1-4H3,(H3,13,14,15,16). The predicted octanol–water partition coefficient (Wildman–Crippen LogP) is 1.43. The molecule has 0 saturated heterocycles. The van der Waals surface area contributed by atoms with E-state index in [1.807, 2.05) is 20.8 Å². The summed E-state index contributed by atoms with van der Waals surface area (Å²) in [5.74, 6) is 1.69. The molecule has 1 aromatic rings. The van der Waals surface area contributed by atoms with Crippen LogP contribution in [0.25, 0.3) is 0 Å². The number of nitrogens with zero attached hydrogens (tertiary/aromatic N) is 2. The summed E-state index contributed by atoms with van der Waals surface area (Å²) in [5, 5.41) is 3.18. The summed E-state index contributed by atoms with van der Waals surface area (Å²) in [4.78, 5) is 8.43. The average molecular weight is 254 g/mol. The van der Waals surface area contributed by atoms with Gasteiger partial charge in [-0.2, -0.15) is 0 Å². The number of hydrogen-bond donors (Lipinski definition) is 2. The molecule has 0 spiro atoms. The number of methoxy groups -OCH3 is 1. The molecule has 0 fully saturated rings. The van der Waals surface area contributed by atoms with Crippen molar-refractivity contribution in [2.45, 2.75) is 33.0 Å². The van der Waals surface area contributed by atoms with Crippen molar-refractivity contribution in [3.8, 4) is 0 Å². The first-order valence-electron chi connectivity index (χ1n) is 5.97. The first-order valence-corrected chi connectivity index (χ1v) is 5.97. The first kappa shape index (κ1) is 14.7. The van der Waals surface area contributed by atoms with Gasteiger partial charge in [-0.25, -0.2) is 9.97 Å². The topological polar surface area (TPSA) is 82.3 Å². The number of aromatic nitrogens is 2. The highest BCUT2D eigenvalue weighted by Gasteiger charge is 2.16. The van der Waals surface area contributed by atoms with Crippen LogP contribution in [0.3, 0.4) is 0 Å². The van der Waals surface area contributed by atoms with E-state index in [4.69, 9.17) is 15.2 Å². The van der Waals surface area contributed by atoms with E-state index in [0.717, 1.165) is 0 Å². The molecule has 102 valence electrons. The van der Waals surface area contributed by atoms with Gasteiger partial charge in [-0.1, -0.05) is 0 Å². The summed E-state index contributed by atoms with van der Waals surface area (Å²) in [5.41, 5.74) is 5.46. The molecule has 0 radical (unpaired) electrons. The van der Waals surface area contributed by atoms with Crippen LogP contribution in [0.2, 0.25) is 0 Å². The molecule has 0 amide bonds. The summed E-state index contributed by atoms with van der Waals surface area (Å²) < 4.78 is 10.6. The zero-order valence-electron chi connectivity index (χ0n) is 11.5. The monoisotopic (exact) mass is 254 g/mol. The molecule has 18 heavy (non-hydrogen) atoms. The fraction of sp³-hybridized carbons (Fsp3) is 0.667. The number of nitrogens with one attached hydrogen (secondary N) is 1. The molecule has 6 nitrogen and oxygen atoms in total. The third kappa shape index (κ3) is 4.85. The van der Waals surface area contributed by atoms with E-state index in [1.165, 1.54) is 0 Å². The van der Waals surface area contributed by atoms with Crippen LogP contribution < -0.4 is 11.1 Å². The van der Waals surface area contributed by atoms with Gasteiger partial charge in [-0.3, -0.25) is 0 Å². The van der Waals surface area contributed by atoms with Gasteiger partial charge < -0.3 is 20.5 Å². The number of nitrogens with two attached hydrogens (primary N) is 1. The summed E-state index contributed by atoms with van der Waals surface area (Å²) >= 11 is 0. The Hall–Kier alpha value is -1.40. The molecule has 1 heterocycles. The van der Waals surface area contributed by atoms with Crippen molar-refractivity contribution < 1.29 is 9.47 Å². The number of rotatable bonds is 7. The van der Waals surface area contributed by atoms with Crippen LogP contribution in [-0.2, 0) is 16.1 Å². The van der Waals surface area contributed by atoms with E-state index in [1.54, 1.807) is 13.2 Å². The van der Waals surface area contributed by atoms with E-state index in [-0.39, 0.29) is 5.60 Å². The lowest BCUT2D eigenvalue weighted by atomic mass is 10.1. The SMILES string of the molecule is CCOCc1nc(N)cc(NCC(C)(C)OC)n1. The number of hydrogen-bond acceptors (Lipinski definition) is 6. The van der Waals surface area contributed by atoms with Crippen LogP contribution in [0.15, 0.2) is 6.07 Å². The van der Waals surface area contributed by atoms with Crippen LogP contribution in [0, 0.1) is 0 Å². The molecule has 0 bridgehead atoms. The Morgan fingerprint density at radius 3 is 2.72 bits per heavy atom. The summed E-state index contributed by atoms with van der Waals surface area (Å²) in [7, 11) is 1.68. The second-order valence-corrected chi connectivity index (χ2v) is 4.55. The third-order valence-electron chi connectivity index (χ3n) is 2.48. The Labute approximate surface area is 108 Å². The number of anilines is 2. The molecular weight excluding hydrogens is 232 g/mol. The molecule has 0 atom stereocenters. The molecule has 6 heteroatoms. The largest absolute Gasteiger partial charge is 0.384 e. The molecule has 0 aliphatic carbocycles. The molecule has 3 N–H and O–H groups in total.